The van der Waals surface area contributed by atoms with Gasteiger partial charge in [0.05, 0.1) is 16.4 Å². The number of halogens is 1. The van der Waals surface area contributed by atoms with Gasteiger partial charge in [-0.05, 0) is 36.9 Å². The van der Waals surface area contributed by atoms with E-state index in [1.54, 1.807) is 11.3 Å². The van der Waals surface area contributed by atoms with Crippen molar-refractivity contribution in [1.29, 1.82) is 0 Å². The summed E-state index contributed by atoms with van der Waals surface area (Å²) in [7, 11) is 0. The maximum absolute atomic E-state index is 6.21. The summed E-state index contributed by atoms with van der Waals surface area (Å²) in [6, 6.07) is 3.81. The number of aromatic nitrogens is 2. The van der Waals surface area contributed by atoms with Crippen molar-refractivity contribution in [3.05, 3.63) is 44.4 Å². The number of hydrogen-bond acceptors (Lipinski definition) is 4. The molecule has 0 aliphatic heterocycles. The van der Waals surface area contributed by atoms with Gasteiger partial charge in [-0.25, -0.2) is 0 Å². The summed E-state index contributed by atoms with van der Waals surface area (Å²) in [5.41, 5.74) is 9.02. The molecule has 0 radical (unpaired) electrons. The molecule has 0 fully saturated rings. The Morgan fingerprint density at radius 1 is 1.41 bits per heavy atom. The molecule has 2 heterocycles. The van der Waals surface area contributed by atoms with Crippen LogP contribution in [0.3, 0.4) is 0 Å². The van der Waals surface area contributed by atoms with Crippen molar-refractivity contribution in [2.45, 2.75) is 26.3 Å². The van der Waals surface area contributed by atoms with E-state index in [2.05, 4.69) is 10.2 Å². The van der Waals surface area contributed by atoms with Crippen LogP contribution in [0.4, 0.5) is 0 Å². The predicted molar refractivity (Wildman–Crippen MR) is 71.5 cm³/mol. The van der Waals surface area contributed by atoms with Crippen molar-refractivity contribution in [3.8, 4) is 0 Å². The van der Waals surface area contributed by atoms with E-state index in [1.807, 2.05) is 31.4 Å². The molecule has 0 saturated carbocycles. The highest BCUT2D eigenvalue weighted by Gasteiger charge is 2.14. The molecule has 2 aromatic heterocycles. The van der Waals surface area contributed by atoms with Crippen LogP contribution >= 0.6 is 22.9 Å². The Kier molecular flexibility index (Phi) is 3.76. The summed E-state index contributed by atoms with van der Waals surface area (Å²) in [5, 5.41) is 10.9. The molecule has 3 nitrogen and oxygen atoms in total. The fourth-order valence-corrected chi connectivity index (χ4v) is 2.90. The SMILES string of the molecule is Cc1cc(C(N)Cc2sccc2Cl)c(C)nn1. The minimum Gasteiger partial charge on any atom is -0.324 e. The van der Waals surface area contributed by atoms with Gasteiger partial charge >= 0.3 is 0 Å². The van der Waals surface area contributed by atoms with Gasteiger partial charge in [-0.2, -0.15) is 10.2 Å². The smallest absolute Gasteiger partial charge is 0.0648 e. The maximum atomic E-state index is 6.21. The zero-order valence-electron chi connectivity index (χ0n) is 9.77. The van der Waals surface area contributed by atoms with E-state index in [-0.39, 0.29) is 6.04 Å². The van der Waals surface area contributed by atoms with Crippen LogP contribution in [0.2, 0.25) is 5.02 Å². The Hall–Kier alpha value is -0.970. The normalized spacial score (nSPS) is 12.7. The second-order valence-electron chi connectivity index (χ2n) is 4.03. The number of hydrogen-bond donors (Lipinski definition) is 1. The van der Waals surface area contributed by atoms with Gasteiger partial charge in [0.1, 0.15) is 0 Å². The number of thiophene rings is 1. The molecule has 2 aromatic rings. The van der Waals surface area contributed by atoms with E-state index >= 15 is 0 Å². The van der Waals surface area contributed by atoms with Crippen molar-refractivity contribution in [2.24, 2.45) is 5.73 Å². The highest BCUT2D eigenvalue weighted by atomic mass is 35.5. The molecule has 0 aliphatic carbocycles. The lowest BCUT2D eigenvalue weighted by atomic mass is 10.0. The first-order valence-electron chi connectivity index (χ1n) is 5.36. The van der Waals surface area contributed by atoms with Crippen LogP contribution < -0.4 is 5.73 Å². The molecule has 0 saturated heterocycles. The third-order valence-electron chi connectivity index (χ3n) is 2.64. The molecule has 5 heteroatoms. The minimum atomic E-state index is -0.0830. The molecule has 0 aromatic carbocycles. The number of nitrogens with zero attached hydrogens (tertiary/aromatic N) is 2. The topological polar surface area (TPSA) is 51.8 Å². The van der Waals surface area contributed by atoms with E-state index in [0.717, 1.165) is 33.3 Å². The second-order valence-corrected chi connectivity index (χ2v) is 5.44. The van der Waals surface area contributed by atoms with Crippen molar-refractivity contribution >= 4 is 22.9 Å². The molecular weight excluding hydrogens is 254 g/mol. The molecule has 90 valence electrons. The Labute approximate surface area is 110 Å². The van der Waals surface area contributed by atoms with Crippen LogP contribution in [0.5, 0.6) is 0 Å². The van der Waals surface area contributed by atoms with Crippen LogP contribution in [0.15, 0.2) is 17.5 Å². The highest BCUT2D eigenvalue weighted by Crippen LogP contribution is 2.27. The van der Waals surface area contributed by atoms with Gasteiger partial charge in [0.2, 0.25) is 0 Å². The van der Waals surface area contributed by atoms with E-state index in [0.29, 0.717) is 0 Å². The highest BCUT2D eigenvalue weighted by molar-refractivity contribution is 7.10. The third kappa shape index (κ3) is 2.83. The Balaban J connectivity index is 2.23. The first-order chi connectivity index (χ1) is 8.08. The first-order valence-corrected chi connectivity index (χ1v) is 6.62. The molecule has 0 amide bonds. The van der Waals surface area contributed by atoms with Gasteiger partial charge in [-0.1, -0.05) is 11.6 Å². The summed E-state index contributed by atoms with van der Waals surface area (Å²) in [4.78, 5) is 1.12. The standard InChI is InChI=1S/C12H14ClN3S/c1-7-5-9(8(2)16-15-7)11(14)6-12-10(13)3-4-17-12/h3-5,11H,6,14H2,1-2H3. The summed E-state index contributed by atoms with van der Waals surface area (Å²) >= 11 is 7.70. The summed E-state index contributed by atoms with van der Waals surface area (Å²) < 4.78 is 0. The molecule has 0 spiro atoms. The third-order valence-corrected chi connectivity index (χ3v) is 4.05. The van der Waals surface area contributed by atoms with E-state index in [1.165, 1.54) is 0 Å². The van der Waals surface area contributed by atoms with Gasteiger partial charge in [0.15, 0.2) is 0 Å². The lowest BCUT2D eigenvalue weighted by molar-refractivity contribution is 0.707. The van der Waals surface area contributed by atoms with Crippen molar-refractivity contribution in [3.63, 3.8) is 0 Å². The van der Waals surface area contributed by atoms with Gasteiger partial charge in [-0.15, -0.1) is 11.3 Å². The molecule has 17 heavy (non-hydrogen) atoms. The zero-order valence-corrected chi connectivity index (χ0v) is 11.3. The van der Waals surface area contributed by atoms with Gasteiger partial charge in [0.25, 0.3) is 0 Å². The Bertz CT molecular complexity index is 524. The molecular formula is C12H14ClN3S. The van der Waals surface area contributed by atoms with Gasteiger partial charge in [-0.3, -0.25) is 0 Å². The monoisotopic (exact) mass is 267 g/mol. The van der Waals surface area contributed by atoms with E-state index in [9.17, 15) is 0 Å². The molecule has 2 rings (SSSR count). The minimum absolute atomic E-state index is 0.0830. The molecule has 0 aliphatic rings. The first kappa shape index (κ1) is 12.5. The number of nitrogens with two attached hydrogens (primary N) is 1. The van der Waals surface area contributed by atoms with Crippen molar-refractivity contribution < 1.29 is 0 Å². The lowest BCUT2D eigenvalue weighted by Gasteiger charge is -2.13. The molecule has 2 N–H and O–H groups in total. The summed E-state index contributed by atoms with van der Waals surface area (Å²) in [6.07, 6.45) is 0.739. The van der Waals surface area contributed by atoms with E-state index in [4.69, 9.17) is 17.3 Å². The van der Waals surface area contributed by atoms with Crippen LogP contribution in [0.25, 0.3) is 0 Å². The summed E-state index contributed by atoms with van der Waals surface area (Å²) in [5.74, 6) is 0. The van der Waals surface area contributed by atoms with Crippen LogP contribution in [-0.2, 0) is 6.42 Å². The Morgan fingerprint density at radius 2 is 2.18 bits per heavy atom. The second kappa shape index (κ2) is 5.12. The van der Waals surface area contributed by atoms with E-state index < -0.39 is 0 Å². The quantitative estimate of drug-likeness (QED) is 0.930. The number of rotatable bonds is 3. The predicted octanol–water partition coefficient (Wildman–Crippen LogP) is 3.05. The van der Waals surface area contributed by atoms with Gasteiger partial charge < -0.3 is 5.73 Å². The molecule has 0 bridgehead atoms. The average Bonchev–Trinajstić information content (AvgIpc) is 2.68. The van der Waals surface area contributed by atoms with Crippen molar-refractivity contribution in [2.75, 3.05) is 0 Å². The fraction of sp³-hybridized carbons (Fsp3) is 0.333. The molecule has 1 unspecified atom stereocenters. The largest absolute Gasteiger partial charge is 0.324 e. The summed E-state index contributed by atoms with van der Waals surface area (Å²) in [6.45, 7) is 3.85. The van der Waals surface area contributed by atoms with Gasteiger partial charge in [0, 0.05) is 17.3 Å². The fourth-order valence-electron chi connectivity index (χ4n) is 1.73. The maximum Gasteiger partial charge on any atom is 0.0648 e. The Morgan fingerprint density at radius 3 is 2.82 bits per heavy atom. The van der Waals surface area contributed by atoms with Crippen molar-refractivity contribution in [1.82, 2.24) is 10.2 Å². The molecule has 1 atom stereocenters. The lowest BCUT2D eigenvalue weighted by Crippen LogP contribution is -2.15. The number of aryl methyl sites for hydroxylation is 2. The van der Waals surface area contributed by atoms with Crippen LogP contribution in [0.1, 0.15) is 27.9 Å². The van der Waals surface area contributed by atoms with Crippen LogP contribution in [0, 0.1) is 13.8 Å². The average molecular weight is 268 g/mol. The van der Waals surface area contributed by atoms with Crippen LogP contribution in [-0.4, -0.2) is 10.2 Å². The zero-order chi connectivity index (χ0) is 12.4.